The molecule has 0 aromatic heterocycles. The molecule has 0 unspecified atom stereocenters. The first kappa shape index (κ1) is 26.6. The van der Waals surface area contributed by atoms with Crippen molar-refractivity contribution in [3.63, 3.8) is 0 Å². The molecule has 1 aliphatic heterocycles. The Balaban J connectivity index is 1.43. The number of methoxy groups -OCH3 is 3. The number of nitrogens with one attached hydrogen (secondary N) is 1. The summed E-state index contributed by atoms with van der Waals surface area (Å²) in [6.45, 7) is 3.62. The minimum Gasteiger partial charge on any atom is -0.493 e. The maximum atomic E-state index is 12.5. The van der Waals surface area contributed by atoms with Crippen LogP contribution in [0.1, 0.15) is 30.4 Å². The first-order chi connectivity index (χ1) is 17.0. The lowest BCUT2D eigenvalue weighted by Crippen LogP contribution is -2.38. The van der Waals surface area contributed by atoms with E-state index in [9.17, 15) is 4.79 Å². The van der Waals surface area contributed by atoms with Crippen LogP contribution in [0.25, 0.3) is 0 Å². The normalized spacial score (nSPS) is 14.0. The van der Waals surface area contributed by atoms with Crippen molar-refractivity contribution < 1.29 is 28.5 Å². The zero-order valence-corrected chi connectivity index (χ0v) is 21.3. The van der Waals surface area contributed by atoms with E-state index in [1.165, 1.54) is 0 Å². The Morgan fingerprint density at radius 3 is 2.40 bits per heavy atom. The number of carbonyl (C=O) groups is 1. The topological polar surface area (TPSA) is 78.5 Å². The number of rotatable bonds is 13. The fourth-order valence-corrected chi connectivity index (χ4v) is 4.19. The Hall–Kier alpha value is -2.97. The van der Waals surface area contributed by atoms with Crippen molar-refractivity contribution in [1.29, 1.82) is 0 Å². The smallest absolute Gasteiger partial charge is 0.220 e. The number of ether oxygens (including phenoxy) is 5. The van der Waals surface area contributed by atoms with Gasteiger partial charge in [-0.2, -0.15) is 0 Å². The second-order valence-electron chi connectivity index (χ2n) is 8.63. The van der Waals surface area contributed by atoms with Gasteiger partial charge >= 0.3 is 0 Å². The highest BCUT2D eigenvalue weighted by Gasteiger charge is 2.18. The molecule has 1 N–H and O–H groups in total. The summed E-state index contributed by atoms with van der Waals surface area (Å²) in [6, 6.07) is 12.2. The maximum absolute atomic E-state index is 12.5. The molecule has 0 spiro atoms. The second-order valence-corrected chi connectivity index (χ2v) is 8.63. The molecule has 2 aromatic carbocycles. The third kappa shape index (κ3) is 8.04. The molecule has 2 aromatic rings. The second kappa shape index (κ2) is 13.8. The third-order valence-electron chi connectivity index (χ3n) is 6.28. The fraction of sp³-hybridized carbons (Fsp3) is 0.519. The van der Waals surface area contributed by atoms with E-state index in [0.717, 1.165) is 49.5 Å². The van der Waals surface area contributed by atoms with Gasteiger partial charge in [-0.15, -0.1) is 0 Å². The summed E-state index contributed by atoms with van der Waals surface area (Å²) in [6.07, 6.45) is 3.07. The number of hydrogen-bond donors (Lipinski definition) is 1. The van der Waals surface area contributed by atoms with Crippen LogP contribution >= 0.6 is 0 Å². The van der Waals surface area contributed by atoms with Gasteiger partial charge in [0.05, 0.1) is 21.3 Å². The molecule has 1 aliphatic rings. The number of amides is 1. The van der Waals surface area contributed by atoms with Crippen LogP contribution in [-0.2, 0) is 22.5 Å². The van der Waals surface area contributed by atoms with Gasteiger partial charge in [0.2, 0.25) is 11.7 Å². The monoisotopic (exact) mass is 486 g/mol. The highest BCUT2D eigenvalue weighted by molar-refractivity contribution is 5.76. The van der Waals surface area contributed by atoms with E-state index in [0.29, 0.717) is 49.3 Å². The SMILES string of the molecule is COc1cc(CCC(=O)NCc2cccc(OCCN(C)C3CCOCC3)c2)cc(OC)c1OC. The summed E-state index contributed by atoms with van der Waals surface area (Å²) in [7, 11) is 6.87. The lowest BCUT2D eigenvalue weighted by molar-refractivity contribution is -0.121. The van der Waals surface area contributed by atoms with Gasteiger partial charge in [0, 0.05) is 38.8 Å². The highest BCUT2D eigenvalue weighted by Crippen LogP contribution is 2.38. The van der Waals surface area contributed by atoms with Gasteiger partial charge in [-0.05, 0) is 61.7 Å². The Kier molecular flexibility index (Phi) is 10.5. The van der Waals surface area contributed by atoms with Crippen LogP contribution in [0, 0.1) is 0 Å². The molecule has 8 heteroatoms. The predicted molar refractivity (Wildman–Crippen MR) is 135 cm³/mol. The first-order valence-corrected chi connectivity index (χ1v) is 12.1. The molecule has 192 valence electrons. The highest BCUT2D eigenvalue weighted by atomic mass is 16.5. The van der Waals surface area contributed by atoms with Gasteiger partial charge in [-0.3, -0.25) is 9.69 Å². The Bertz CT molecular complexity index is 920. The molecule has 1 fully saturated rings. The molecule has 1 saturated heterocycles. The quantitative estimate of drug-likeness (QED) is 0.465. The van der Waals surface area contributed by atoms with Crippen molar-refractivity contribution in [1.82, 2.24) is 10.2 Å². The van der Waals surface area contributed by atoms with Crippen LogP contribution in [0.5, 0.6) is 23.0 Å². The Labute approximate surface area is 208 Å². The first-order valence-electron chi connectivity index (χ1n) is 12.1. The number of aryl methyl sites for hydroxylation is 1. The summed E-state index contributed by atoms with van der Waals surface area (Å²) >= 11 is 0. The predicted octanol–water partition coefficient (Wildman–Crippen LogP) is 3.45. The zero-order chi connectivity index (χ0) is 25.0. The molecule has 0 aliphatic carbocycles. The number of nitrogens with zero attached hydrogens (tertiary/aromatic N) is 1. The van der Waals surface area contributed by atoms with E-state index in [1.54, 1.807) is 21.3 Å². The zero-order valence-electron chi connectivity index (χ0n) is 21.3. The van der Waals surface area contributed by atoms with Crippen molar-refractivity contribution in [3.8, 4) is 23.0 Å². The van der Waals surface area contributed by atoms with Gasteiger partial charge in [-0.25, -0.2) is 0 Å². The average molecular weight is 487 g/mol. The summed E-state index contributed by atoms with van der Waals surface area (Å²) in [4.78, 5) is 14.8. The Morgan fingerprint density at radius 1 is 1.03 bits per heavy atom. The van der Waals surface area contributed by atoms with Gasteiger partial charge in [0.1, 0.15) is 12.4 Å². The molecule has 35 heavy (non-hydrogen) atoms. The maximum Gasteiger partial charge on any atom is 0.220 e. The van der Waals surface area contributed by atoms with Crippen LogP contribution in [0.3, 0.4) is 0 Å². The van der Waals surface area contributed by atoms with E-state index in [-0.39, 0.29) is 5.91 Å². The van der Waals surface area contributed by atoms with Crippen molar-refractivity contribution >= 4 is 5.91 Å². The molecule has 0 radical (unpaired) electrons. The number of hydrogen-bond acceptors (Lipinski definition) is 7. The molecule has 0 atom stereocenters. The van der Waals surface area contributed by atoms with Crippen LogP contribution in [0.15, 0.2) is 36.4 Å². The minimum atomic E-state index is -0.0249. The van der Waals surface area contributed by atoms with E-state index in [4.69, 9.17) is 23.7 Å². The lowest BCUT2D eigenvalue weighted by atomic mass is 10.1. The fourth-order valence-electron chi connectivity index (χ4n) is 4.19. The van der Waals surface area contributed by atoms with Gasteiger partial charge in [-0.1, -0.05) is 12.1 Å². The molecule has 0 saturated carbocycles. The van der Waals surface area contributed by atoms with E-state index in [2.05, 4.69) is 17.3 Å². The lowest BCUT2D eigenvalue weighted by Gasteiger charge is -2.31. The molecule has 0 bridgehead atoms. The van der Waals surface area contributed by atoms with Crippen LogP contribution in [0.4, 0.5) is 0 Å². The van der Waals surface area contributed by atoms with Crippen LogP contribution < -0.4 is 24.3 Å². The summed E-state index contributed by atoms with van der Waals surface area (Å²) in [5.74, 6) is 2.49. The standard InChI is InChI=1S/C27H38N2O6/c1-29(22-10-13-34-14-11-22)12-15-35-23-7-5-6-21(16-23)19-28-26(30)9-8-20-17-24(31-2)27(33-4)25(18-20)32-3/h5-7,16-18,22H,8-15,19H2,1-4H3,(H,28,30). The van der Waals surface area contributed by atoms with Crippen molar-refractivity contribution in [2.75, 3.05) is 54.7 Å². The molecular weight excluding hydrogens is 448 g/mol. The van der Waals surface area contributed by atoms with Crippen molar-refractivity contribution in [3.05, 3.63) is 47.5 Å². The molecule has 1 amide bonds. The molecular formula is C27H38N2O6. The summed E-state index contributed by atoms with van der Waals surface area (Å²) in [5, 5.41) is 2.99. The van der Waals surface area contributed by atoms with Crippen molar-refractivity contribution in [2.45, 2.75) is 38.3 Å². The number of likely N-dealkylation sites (N-methyl/N-ethyl adjacent to an activating group) is 1. The van der Waals surface area contributed by atoms with Gasteiger partial charge < -0.3 is 29.0 Å². The number of benzene rings is 2. The largest absolute Gasteiger partial charge is 0.493 e. The summed E-state index contributed by atoms with van der Waals surface area (Å²) in [5.41, 5.74) is 1.94. The van der Waals surface area contributed by atoms with E-state index >= 15 is 0 Å². The van der Waals surface area contributed by atoms with Crippen LogP contribution in [-0.4, -0.2) is 71.6 Å². The third-order valence-corrected chi connectivity index (χ3v) is 6.28. The summed E-state index contributed by atoms with van der Waals surface area (Å²) < 4.78 is 27.5. The van der Waals surface area contributed by atoms with Crippen LogP contribution in [0.2, 0.25) is 0 Å². The molecule has 8 nitrogen and oxygen atoms in total. The van der Waals surface area contributed by atoms with Gasteiger partial charge in [0.15, 0.2) is 11.5 Å². The van der Waals surface area contributed by atoms with Crippen molar-refractivity contribution in [2.24, 2.45) is 0 Å². The van der Waals surface area contributed by atoms with Gasteiger partial charge in [0.25, 0.3) is 0 Å². The average Bonchev–Trinajstić information content (AvgIpc) is 2.90. The molecule has 1 heterocycles. The van der Waals surface area contributed by atoms with E-state index in [1.807, 2.05) is 36.4 Å². The van der Waals surface area contributed by atoms with E-state index < -0.39 is 0 Å². The minimum absolute atomic E-state index is 0.0249. The Morgan fingerprint density at radius 2 is 1.74 bits per heavy atom. The molecule has 3 rings (SSSR count). The number of carbonyl (C=O) groups excluding carboxylic acids is 1.